The third kappa shape index (κ3) is 4.53. The van der Waals surface area contributed by atoms with Gasteiger partial charge in [0.15, 0.2) is 0 Å². The minimum Gasteiger partial charge on any atom is -0.354 e. The number of nitrogens with one attached hydrogen (secondary N) is 1. The highest BCUT2D eigenvalue weighted by Gasteiger charge is 2.34. The van der Waals surface area contributed by atoms with Gasteiger partial charge in [0.2, 0.25) is 0 Å². The lowest BCUT2D eigenvalue weighted by molar-refractivity contribution is -0.00786. The van der Waals surface area contributed by atoms with Crippen molar-refractivity contribution in [1.82, 2.24) is 14.8 Å². The average molecular weight is 458 g/mol. The molecule has 2 heterocycles. The monoisotopic (exact) mass is 457 g/mol. The summed E-state index contributed by atoms with van der Waals surface area (Å²) in [7, 11) is 0. The lowest BCUT2D eigenvalue weighted by Gasteiger charge is -2.44. The number of aromatic amines is 1. The molecule has 0 saturated carbocycles. The number of aromatic nitrogens is 1. The first-order valence-corrected chi connectivity index (χ1v) is 12.6. The highest BCUT2D eigenvalue weighted by molar-refractivity contribution is 5.91. The zero-order valence-electron chi connectivity index (χ0n) is 20.0. The van der Waals surface area contributed by atoms with Crippen LogP contribution in [-0.2, 0) is 13.1 Å². The summed E-state index contributed by atoms with van der Waals surface area (Å²) in [6, 6.07) is 41.4. The Morgan fingerprint density at radius 2 is 1.11 bits per heavy atom. The molecule has 3 heteroatoms. The molecule has 0 radical (unpaired) electrons. The molecule has 0 bridgehead atoms. The number of hydrogen-bond donors (Lipinski definition) is 1. The van der Waals surface area contributed by atoms with E-state index in [-0.39, 0.29) is 6.17 Å². The summed E-state index contributed by atoms with van der Waals surface area (Å²) in [4.78, 5) is 9.13. The van der Waals surface area contributed by atoms with Crippen molar-refractivity contribution in [2.75, 3.05) is 13.1 Å². The molecule has 4 aromatic carbocycles. The Labute approximate surface area is 207 Å². The third-order valence-corrected chi connectivity index (χ3v) is 7.11. The molecule has 0 unspecified atom stereocenters. The Balaban J connectivity index is 1.50. The van der Waals surface area contributed by atoms with E-state index in [1.807, 2.05) is 0 Å². The van der Waals surface area contributed by atoms with Crippen LogP contribution in [0.5, 0.6) is 0 Å². The number of para-hydroxylation sites is 1. The fourth-order valence-electron chi connectivity index (χ4n) is 5.55. The summed E-state index contributed by atoms with van der Waals surface area (Å²) in [5.74, 6) is 0. The van der Waals surface area contributed by atoms with Gasteiger partial charge in [0.05, 0.1) is 11.9 Å². The molecule has 35 heavy (non-hydrogen) atoms. The summed E-state index contributed by atoms with van der Waals surface area (Å²) < 4.78 is 0. The van der Waals surface area contributed by atoms with Crippen LogP contribution in [0.25, 0.3) is 22.2 Å². The minimum atomic E-state index is 0.176. The van der Waals surface area contributed by atoms with E-state index in [1.54, 1.807) is 0 Å². The van der Waals surface area contributed by atoms with Gasteiger partial charge in [-0.05, 0) is 29.2 Å². The topological polar surface area (TPSA) is 22.3 Å². The van der Waals surface area contributed by atoms with Crippen LogP contribution in [0.2, 0.25) is 0 Å². The van der Waals surface area contributed by atoms with Crippen LogP contribution in [-0.4, -0.2) is 27.9 Å². The second-order valence-electron chi connectivity index (χ2n) is 9.46. The number of nitrogens with zero attached hydrogens (tertiary/aromatic N) is 2. The second-order valence-corrected chi connectivity index (χ2v) is 9.46. The van der Waals surface area contributed by atoms with Crippen molar-refractivity contribution in [1.29, 1.82) is 0 Å². The maximum Gasteiger partial charge on any atom is 0.0919 e. The van der Waals surface area contributed by atoms with E-state index in [0.29, 0.717) is 0 Å². The fourth-order valence-corrected chi connectivity index (χ4v) is 5.55. The van der Waals surface area contributed by atoms with Crippen molar-refractivity contribution in [3.63, 3.8) is 0 Å². The summed E-state index contributed by atoms with van der Waals surface area (Å²) in [5.41, 5.74) is 7.78. The summed E-state index contributed by atoms with van der Waals surface area (Å²) >= 11 is 0. The number of hydrogen-bond acceptors (Lipinski definition) is 2. The fraction of sp³-hybridized carbons (Fsp3) is 0.188. The molecule has 1 aromatic heterocycles. The summed E-state index contributed by atoms with van der Waals surface area (Å²) in [5, 5.41) is 1.31. The Morgan fingerprint density at radius 1 is 0.600 bits per heavy atom. The SMILES string of the molecule is c1ccc(CN2CCCN(Cc3ccccc3)C2c2c(-c3ccccc3)[nH]c3ccccc23)cc1. The third-order valence-electron chi connectivity index (χ3n) is 7.11. The Bertz CT molecular complexity index is 1330. The van der Waals surface area contributed by atoms with Gasteiger partial charge < -0.3 is 4.98 Å². The highest BCUT2D eigenvalue weighted by atomic mass is 15.4. The normalized spacial score (nSPS) is 15.5. The molecule has 1 aliphatic heterocycles. The standard InChI is InChI=1S/C32H31N3/c1-4-13-25(14-5-1)23-34-21-12-22-35(24-26-15-6-2-7-16-26)32(34)30-28-19-10-11-20-29(28)33-31(30)27-17-8-3-9-18-27/h1-11,13-20,32-33H,12,21-24H2. The average Bonchev–Trinajstić information content (AvgIpc) is 3.30. The van der Waals surface area contributed by atoms with E-state index in [9.17, 15) is 0 Å². The van der Waals surface area contributed by atoms with Crippen molar-refractivity contribution < 1.29 is 0 Å². The number of benzene rings is 4. The van der Waals surface area contributed by atoms with Gasteiger partial charge in [-0.25, -0.2) is 0 Å². The molecule has 0 spiro atoms. The van der Waals surface area contributed by atoms with E-state index in [4.69, 9.17) is 0 Å². The Morgan fingerprint density at radius 3 is 1.71 bits per heavy atom. The van der Waals surface area contributed by atoms with Crippen LogP contribution in [0, 0.1) is 0 Å². The van der Waals surface area contributed by atoms with Gasteiger partial charge in [-0.3, -0.25) is 9.80 Å². The van der Waals surface area contributed by atoms with Gasteiger partial charge in [0.1, 0.15) is 0 Å². The molecule has 3 nitrogen and oxygen atoms in total. The zero-order chi connectivity index (χ0) is 23.5. The van der Waals surface area contributed by atoms with E-state index < -0.39 is 0 Å². The van der Waals surface area contributed by atoms with Gasteiger partial charge in [-0.2, -0.15) is 0 Å². The van der Waals surface area contributed by atoms with Crippen LogP contribution in [0.3, 0.4) is 0 Å². The van der Waals surface area contributed by atoms with E-state index in [2.05, 4.69) is 130 Å². The highest BCUT2D eigenvalue weighted by Crippen LogP contribution is 2.41. The molecule has 0 aliphatic carbocycles. The quantitative estimate of drug-likeness (QED) is 0.290. The lowest BCUT2D eigenvalue weighted by Crippen LogP contribution is -2.47. The molecule has 1 N–H and O–H groups in total. The second kappa shape index (κ2) is 9.91. The lowest BCUT2D eigenvalue weighted by atomic mass is 9.98. The van der Waals surface area contributed by atoms with Crippen molar-refractivity contribution >= 4 is 10.9 Å². The molecule has 1 saturated heterocycles. The van der Waals surface area contributed by atoms with Crippen molar-refractivity contribution in [2.24, 2.45) is 0 Å². The van der Waals surface area contributed by atoms with Crippen LogP contribution in [0.4, 0.5) is 0 Å². The molecular weight excluding hydrogens is 426 g/mol. The number of rotatable bonds is 6. The molecule has 5 aromatic rings. The number of fused-ring (bicyclic) bond motifs is 1. The molecular formula is C32H31N3. The van der Waals surface area contributed by atoms with E-state index >= 15 is 0 Å². The van der Waals surface area contributed by atoms with E-state index in [1.165, 1.54) is 45.3 Å². The van der Waals surface area contributed by atoms with Crippen LogP contribution in [0.1, 0.15) is 29.3 Å². The predicted molar refractivity (Wildman–Crippen MR) is 145 cm³/mol. The smallest absolute Gasteiger partial charge is 0.0919 e. The summed E-state index contributed by atoms with van der Waals surface area (Å²) in [6.07, 6.45) is 1.34. The molecule has 6 rings (SSSR count). The van der Waals surface area contributed by atoms with Crippen LogP contribution < -0.4 is 0 Å². The first-order chi connectivity index (χ1) is 17.4. The number of H-pyrrole nitrogens is 1. The summed E-state index contributed by atoms with van der Waals surface area (Å²) in [6.45, 7) is 4.03. The molecule has 174 valence electrons. The molecule has 1 aliphatic rings. The van der Waals surface area contributed by atoms with Gasteiger partial charge >= 0.3 is 0 Å². The predicted octanol–water partition coefficient (Wildman–Crippen LogP) is 7.24. The van der Waals surface area contributed by atoms with Gasteiger partial charge in [-0.1, -0.05) is 109 Å². The van der Waals surface area contributed by atoms with Crippen molar-refractivity contribution in [3.8, 4) is 11.3 Å². The van der Waals surface area contributed by atoms with Crippen molar-refractivity contribution in [3.05, 3.63) is 132 Å². The first kappa shape index (κ1) is 21.8. The maximum absolute atomic E-state index is 3.79. The Kier molecular flexibility index (Phi) is 6.18. The molecule has 1 fully saturated rings. The van der Waals surface area contributed by atoms with Crippen LogP contribution >= 0.6 is 0 Å². The largest absolute Gasteiger partial charge is 0.354 e. The van der Waals surface area contributed by atoms with Gasteiger partial charge in [0, 0.05) is 42.6 Å². The van der Waals surface area contributed by atoms with E-state index in [0.717, 1.165) is 26.2 Å². The Hall–Kier alpha value is -3.66. The van der Waals surface area contributed by atoms with Gasteiger partial charge in [-0.15, -0.1) is 0 Å². The van der Waals surface area contributed by atoms with Gasteiger partial charge in [0.25, 0.3) is 0 Å². The first-order valence-electron chi connectivity index (χ1n) is 12.6. The molecule has 0 atom stereocenters. The van der Waals surface area contributed by atoms with Crippen LogP contribution in [0.15, 0.2) is 115 Å². The minimum absolute atomic E-state index is 0.176. The maximum atomic E-state index is 3.79. The zero-order valence-corrected chi connectivity index (χ0v) is 20.0. The molecule has 0 amide bonds. The van der Waals surface area contributed by atoms with Crippen molar-refractivity contribution in [2.45, 2.75) is 25.7 Å².